The van der Waals surface area contributed by atoms with E-state index in [0.717, 1.165) is 15.7 Å². The number of pyridine rings is 1. The van der Waals surface area contributed by atoms with Crippen molar-refractivity contribution in [3.05, 3.63) is 51.6 Å². The highest BCUT2D eigenvalue weighted by molar-refractivity contribution is 9.10. The van der Waals surface area contributed by atoms with Gasteiger partial charge in [-0.05, 0) is 49.7 Å². The molecule has 0 atom stereocenters. The summed E-state index contributed by atoms with van der Waals surface area (Å²) in [4.78, 5) is 15.3. The van der Waals surface area contributed by atoms with Crippen molar-refractivity contribution in [3.8, 4) is 0 Å². The van der Waals surface area contributed by atoms with Crippen LogP contribution in [-0.2, 0) is 0 Å². The molecule has 1 heterocycles. The molecule has 0 fully saturated rings. The Morgan fingerprint density at radius 2 is 2.00 bits per heavy atom. The average Bonchev–Trinajstić information content (AvgIpc) is 2.33. The van der Waals surface area contributed by atoms with Crippen LogP contribution in [0.4, 0.5) is 11.5 Å². The maximum atomic E-state index is 11.0. The number of aryl methyl sites for hydroxylation is 2. The SMILES string of the molecule is Cc1cc(C(=O)O)cc(Nc2ccc(Br)c(C)c2)n1. The van der Waals surface area contributed by atoms with Crippen LogP contribution in [0.3, 0.4) is 0 Å². The molecular formula is C14H13BrN2O2. The Morgan fingerprint density at radius 1 is 1.26 bits per heavy atom. The predicted octanol–water partition coefficient (Wildman–Crippen LogP) is 3.90. The number of nitrogens with zero attached hydrogens (tertiary/aromatic N) is 1. The van der Waals surface area contributed by atoms with Gasteiger partial charge in [0.2, 0.25) is 0 Å². The molecule has 0 unspecified atom stereocenters. The van der Waals surface area contributed by atoms with Crippen molar-refractivity contribution >= 4 is 33.4 Å². The van der Waals surface area contributed by atoms with Crippen LogP contribution in [0.5, 0.6) is 0 Å². The number of aromatic carboxylic acids is 1. The van der Waals surface area contributed by atoms with E-state index in [1.165, 1.54) is 6.07 Å². The monoisotopic (exact) mass is 320 g/mol. The minimum Gasteiger partial charge on any atom is -0.478 e. The van der Waals surface area contributed by atoms with Crippen LogP contribution < -0.4 is 5.32 Å². The minimum absolute atomic E-state index is 0.226. The summed E-state index contributed by atoms with van der Waals surface area (Å²) in [5.74, 6) is -0.431. The van der Waals surface area contributed by atoms with Gasteiger partial charge >= 0.3 is 5.97 Å². The summed E-state index contributed by atoms with van der Waals surface area (Å²) in [5.41, 5.74) is 2.85. The number of halogens is 1. The lowest BCUT2D eigenvalue weighted by Gasteiger charge is -2.09. The first-order chi connectivity index (χ1) is 8.95. The van der Waals surface area contributed by atoms with Crippen LogP contribution in [0.2, 0.25) is 0 Å². The van der Waals surface area contributed by atoms with E-state index in [1.807, 2.05) is 25.1 Å². The zero-order chi connectivity index (χ0) is 14.0. The number of rotatable bonds is 3. The Bertz CT molecular complexity index is 641. The fourth-order valence-electron chi connectivity index (χ4n) is 1.73. The molecule has 4 nitrogen and oxygen atoms in total. The Balaban J connectivity index is 2.32. The van der Waals surface area contributed by atoms with Crippen molar-refractivity contribution in [3.63, 3.8) is 0 Å². The molecule has 2 N–H and O–H groups in total. The maximum absolute atomic E-state index is 11.0. The molecule has 0 spiro atoms. The third kappa shape index (κ3) is 3.32. The lowest BCUT2D eigenvalue weighted by atomic mass is 10.2. The Morgan fingerprint density at radius 3 is 2.63 bits per heavy atom. The van der Waals surface area contributed by atoms with Crippen LogP contribution >= 0.6 is 15.9 Å². The van der Waals surface area contributed by atoms with E-state index in [1.54, 1.807) is 13.0 Å². The molecule has 5 heteroatoms. The number of anilines is 2. The standard InChI is InChI=1S/C14H13BrN2O2/c1-8-5-11(3-4-12(8)15)17-13-7-10(14(18)19)6-9(2)16-13/h3-7H,1-2H3,(H,16,17)(H,18,19). The zero-order valence-electron chi connectivity index (χ0n) is 10.6. The van der Waals surface area contributed by atoms with Gasteiger partial charge in [-0.1, -0.05) is 15.9 Å². The van der Waals surface area contributed by atoms with Gasteiger partial charge < -0.3 is 10.4 Å². The average molecular weight is 321 g/mol. The second kappa shape index (κ2) is 5.40. The topological polar surface area (TPSA) is 62.2 Å². The van der Waals surface area contributed by atoms with Gasteiger partial charge in [0.05, 0.1) is 5.56 Å². The summed E-state index contributed by atoms with van der Waals surface area (Å²) in [5, 5.41) is 12.1. The molecule has 0 amide bonds. The Labute approximate surface area is 119 Å². The van der Waals surface area contributed by atoms with Crippen LogP contribution in [0.15, 0.2) is 34.8 Å². The maximum Gasteiger partial charge on any atom is 0.335 e. The van der Waals surface area contributed by atoms with Gasteiger partial charge in [0.25, 0.3) is 0 Å². The van der Waals surface area contributed by atoms with Gasteiger partial charge in [0.15, 0.2) is 0 Å². The molecule has 19 heavy (non-hydrogen) atoms. The minimum atomic E-state index is -0.958. The molecule has 0 aliphatic carbocycles. The third-order valence-corrected chi connectivity index (χ3v) is 3.52. The van der Waals surface area contributed by atoms with E-state index < -0.39 is 5.97 Å². The Kier molecular flexibility index (Phi) is 3.85. The van der Waals surface area contributed by atoms with Crippen LogP contribution in [0.1, 0.15) is 21.6 Å². The fraction of sp³-hybridized carbons (Fsp3) is 0.143. The molecule has 0 radical (unpaired) electrons. The van der Waals surface area contributed by atoms with Gasteiger partial charge in [0, 0.05) is 15.9 Å². The number of carboxylic acids is 1. The third-order valence-electron chi connectivity index (χ3n) is 2.63. The second-order valence-corrected chi connectivity index (χ2v) is 5.13. The first kappa shape index (κ1) is 13.5. The Hall–Kier alpha value is -1.88. The van der Waals surface area contributed by atoms with Crippen LogP contribution in [-0.4, -0.2) is 16.1 Å². The van der Waals surface area contributed by atoms with Crippen molar-refractivity contribution in [2.24, 2.45) is 0 Å². The highest BCUT2D eigenvalue weighted by Crippen LogP contribution is 2.23. The van der Waals surface area contributed by atoms with Gasteiger partial charge in [0.1, 0.15) is 5.82 Å². The number of aromatic nitrogens is 1. The summed E-state index contributed by atoms with van der Waals surface area (Å²) in [6.07, 6.45) is 0. The lowest BCUT2D eigenvalue weighted by Crippen LogP contribution is -2.02. The molecule has 2 rings (SSSR count). The summed E-state index contributed by atoms with van der Waals surface area (Å²) in [7, 11) is 0. The van der Waals surface area contributed by atoms with E-state index in [-0.39, 0.29) is 5.56 Å². The predicted molar refractivity (Wildman–Crippen MR) is 78.1 cm³/mol. The van der Waals surface area contributed by atoms with Crippen molar-refractivity contribution in [1.82, 2.24) is 4.98 Å². The largest absolute Gasteiger partial charge is 0.478 e. The molecule has 0 saturated heterocycles. The molecule has 0 saturated carbocycles. The van der Waals surface area contributed by atoms with Gasteiger partial charge in [-0.25, -0.2) is 9.78 Å². The van der Waals surface area contributed by atoms with Gasteiger partial charge in [-0.15, -0.1) is 0 Å². The van der Waals surface area contributed by atoms with Crippen molar-refractivity contribution in [2.45, 2.75) is 13.8 Å². The fourth-order valence-corrected chi connectivity index (χ4v) is 1.97. The molecule has 0 bridgehead atoms. The van der Waals surface area contributed by atoms with Crippen LogP contribution in [0.25, 0.3) is 0 Å². The lowest BCUT2D eigenvalue weighted by molar-refractivity contribution is 0.0696. The van der Waals surface area contributed by atoms with Crippen molar-refractivity contribution in [2.75, 3.05) is 5.32 Å². The van der Waals surface area contributed by atoms with E-state index in [0.29, 0.717) is 11.5 Å². The van der Waals surface area contributed by atoms with E-state index in [4.69, 9.17) is 5.11 Å². The summed E-state index contributed by atoms with van der Waals surface area (Å²) < 4.78 is 1.03. The molecule has 1 aromatic heterocycles. The van der Waals surface area contributed by atoms with Crippen LogP contribution in [0, 0.1) is 13.8 Å². The van der Waals surface area contributed by atoms with Gasteiger partial charge in [-0.2, -0.15) is 0 Å². The zero-order valence-corrected chi connectivity index (χ0v) is 12.2. The van der Waals surface area contributed by atoms with E-state index in [2.05, 4.69) is 26.2 Å². The second-order valence-electron chi connectivity index (χ2n) is 4.28. The molecule has 98 valence electrons. The highest BCUT2D eigenvalue weighted by Gasteiger charge is 2.07. The summed E-state index contributed by atoms with van der Waals surface area (Å²) in [6, 6.07) is 8.87. The number of benzene rings is 1. The number of hydrogen-bond acceptors (Lipinski definition) is 3. The molecule has 0 aliphatic heterocycles. The molecule has 1 aromatic carbocycles. The number of hydrogen-bond donors (Lipinski definition) is 2. The highest BCUT2D eigenvalue weighted by atomic mass is 79.9. The molecule has 0 aliphatic rings. The quantitative estimate of drug-likeness (QED) is 0.900. The summed E-state index contributed by atoms with van der Waals surface area (Å²) >= 11 is 3.44. The first-order valence-corrected chi connectivity index (χ1v) is 6.50. The number of carbonyl (C=O) groups is 1. The van der Waals surface area contributed by atoms with Gasteiger partial charge in [-0.3, -0.25) is 0 Å². The normalized spacial score (nSPS) is 10.3. The van der Waals surface area contributed by atoms with E-state index >= 15 is 0 Å². The van der Waals surface area contributed by atoms with Crippen molar-refractivity contribution < 1.29 is 9.90 Å². The van der Waals surface area contributed by atoms with Crippen molar-refractivity contribution in [1.29, 1.82) is 0 Å². The van der Waals surface area contributed by atoms with E-state index in [9.17, 15) is 4.79 Å². The number of carboxylic acid groups (broad SMARTS) is 1. The molecule has 2 aromatic rings. The summed E-state index contributed by atoms with van der Waals surface area (Å²) in [6.45, 7) is 3.76. The molecular weight excluding hydrogens is 308 g/mol. The number of nitrogens with one attached hydrogen (secondary N) is 1. The smallest absolute Gasteiger partial charge is 0.335 e. The first-order valence-electron chi connectivity index (χ1n) is 5.71.